The molecule has 0 saturated carbocycles. The third-order valence-electron chi connectivity index (χ3n) is 2.58. The highest BCUT2D eigenvalue weighted by Crippen LogP contribution is 2.22. The first kappa shape index (κ1) is 17.4. The number of nitriles is 1. The molecule has 1 rings (SSSR count). The Labute approximate surface area is 127 Å². The lowest BCUT2D eigenvalue weighted by Crippen LogP contribution is -2.40. The number of hydrogen-bond acceptors (Lipinski definition) is 5. The fraction of sp³-hybridized carbons (Fsp3) is 0.333. The van der Waals surface area contributed by atoms with Crippen molar-refractivity contribution in [3.8, 4) is 6.07 Å². The molecule has 0 bridgehead atoms. The number of hydrogen-bond donors (Lipinski definition) is 1. The van der Waals surface area contributed by atoms with Gasteiger partial charge in [0.05, 0.1) is 28.6 Å². The summed E-state index contributed by atoms with van der Waals surface area (Å²) < 4.78 is 30.6. The Kier molecular flexibility index (Phi) is 6.11. The summed E-state index contributed by atoms with van der Waals surface area (Å²) in [6.45, 7) is -0.390. The molecule has 2 N–H and O–H groups in total. The number of amides is 1. The van der Waals surface area contributed by atoms with Gasteiger partial charge in [-0.25, -0.2) is 8.42 Å². The van der Waals surface area contributed by atoms with Crippen LogP contribution in [-0.4, -0.2) is 45.4 Å². The minimum Gasteiger partial charge on any atom is -0.383 e. The molecule has 1 aromatic carbocycles. The number of benzene rings is 1. The van der Waals surface area contributed by atoms with Crippen molar-refractivity contribution in [1.82, 2.24) is 4.31 Å². The molecule has 0 heterocycles. The molecule has 114 valence electrons. The molecule has 7 nitrogen and oxygen atoms in total. The van der Waals surface area contributed by atoms with E-state index >= 15 is 0 Å². The van der Waals surface area contributed by atoms with Crippen molar-refractivity contribution in [2.45, 2.75) is 4.90 Å². The minimum atomic E-state index is -3.96. The predicted molar refractivity (Wildman–Crippen MR) is 76.0 cm³/mol. The van der Waals surface area contributed by atoms with Crippen LogP contribution in [0.4, 0.5) is 0 Å². The van der Waals surface area contributed by atoms with Crippen molar-refractivity contribution in [1.29, 1.82) is 5.26 Å². The van der Waals surface area contributed by atoms with Crippen LogP contribution in [0.25, 0.3) is 0 Å². The van der Waals surface area contributed by atoms with Gasteiger partial charge in [-0.05, 0) is 18.2 Å². The predicted octanol–water partition coefficient (Wildman–Crippen LogP) is 0.334. The first-order chi connectivity index (χ1) is 9.82. The molecule has 0 unspecified atom stereocenters. The smallest absolute Gasteiger partial charge is 0.243 e. The van der Waals surface area contributed by atoms with Gasteiger partial charge in [0.15, 0.2) is 0 Å². The first-order valence-electron chi connectivity index (χ1n) is 5.80. The van der Waals surface area contributed by atoms with Crippen LogP contribution in [-0.2, 0) is 19.6 Å². The molecule has 0 radical (unpaired) electrons. The van der Waals surface area contributed by atoms with Gasteiger partial charge in [-0.3, -0.25) is 4.79 Å². The van der Waals surface area contributed by atoms with E-state index in [-0.39, 0.29) is 28.6 Å². The molecule has 1 aromatic rings. The number of methoxy groups -OCH3 is 1. The van der Waals surface area contributed by atoms with Crippen molar-refractivity contribution in [2.75, 3.05) is 26.8 Å². The van der Waals surface area contributed by atoms with Crippen molar-refractivity contribution >= 4 is 27.5 Å². The van der Waals surface area contributed by atoms with E-state index < -0.39 is 22.5 Å². The summed E-state index contributed by atoms with van der Waals surface area (Å²) in [4.78, 5) is 10.9. The van der Waals surface area contributed by atoms with Crippen molar-refractivity contribution in [3.05, 3.63) is 28.8 Å². The van der Waals surface area contributed by atoms with Crippen LogP contribution in [0.5, 0.6) is 0 Å². The fourth-order valence-corrected chi connectivity index (χ4v) is 3.25. The highest BCUT2D eigenvalue weighted by molar-refractivity contribution is 7.89. The molecule has 21 heavy (non-hydrogen) atoms. The maximum atomic E-state index is 12.4. The van der Waals surface area contributed by atoms with Gasteiger partial charge >= 0.3 is 0 Å². The highest BCUT2D eigenvalue weighted by Gasteiger charge is 2.26. The van der Waals surface area contributed by atoms with Gasteiger partial charge < -0.3 is 10.5 Å². The number of rotatable bonds is 7. The van der Waals surface area contributed by atoms with Crippen LogP contribution < -0.4 is 5.73 Å². The van der Waals surface area contributed by atoms with E-state index in [1.807, 2.05) is 6.07 Å². The Balaban J connectivity index is 3.18. The van der Waals surface area contributed by atoms with E-state index in [1.165, 1.54) is 19.2 Å². The van der Waals surface area contributed by atoms with Crippen LogP contribution in [0.15, 0.2) is 23.1 Å². The number of halogens is 1. The lowest BCUT2D eigenvalue weighted by Gasteiger charge is -2.20. The van der Waals surface area contributed by atoms with E-state index in [0.717, 1.165) is 10.4 Å². The molecular formula is C12H14ClN3O4S. The standard InChI is InChI=1S/C12H14ClN3O4S/c1-20-5-4-16(8-12(15)17)21(18,19)10-3-2-9(7-14)11(13)6-10/h2-3,6H,4-5,8H2,1H3,(H2,15,17). The van der Waals surface area contributed by atoms with E-state index in [0.29, 0.717) is 0 Å². The average Bonchev–Trinajstić information content (AvgIpc) is 2.42. The summed E-state index contributed by atoms with van der Waals surface area (Å²) in [7, 11) is -2.55. The van der Waals surface area contributed by atoms with Gasteiger partial charge in [0.2, 0.25) is 15.9 Å². The summed E-state index contributed by atoms with van der Waals surface area (Å²) in [5.74, 6) is -0.783. The normalized spacial score (nSPS) is 11.3. The number of ether oxygens (including phenoxy) is 1. The second kappa shape index (κ2) is 7.38. The maximum Gasteiger partial charge on any atom is 0.243 e. The Hall–Kier alpha value is -1.66. The van der Waals surface area contributed by atoms with Gasteiger partial charge in [0.25, 0.3) is 0 Å². The molecule has 0 aliphatic heterocycles. The molecule has 0 atom stereocenters. The molecular weight excluding hydrogens is 318 g/mol. The molecule has 0 aromatic heterocycles. The van der Waals surface area contributed by atoms with Crippen molar-refractivity contribution in [2.24, 2.45) is 5.73 Å². The zero-order chi connectivity index (χ0) is 16.0. The number of carbonyl (C=O) groups excluding carboxylic acids is 1. The molecule has 0 fully saturated rings. The minimum absolute atomic E-state index is 0.0179. The number of nitrogens with two attached hydrogens (primary N) is 1. The van der Waals surface area contributed by atoms with Crippen LogP contribution in [0.3, 0.4) is 0 Å². The Morgan fingerprint density at radius 1 is 1.52 bits per heavy atom. The zero-order valence-corrected chi connectivity index (χ0v) is 12.8. The van der Waals surface area contributed by atoms with Crippen LogP contribution in [0.1, 0.15) is 5.56 Å². The summed E-state index contributed by atoms with van der Waals surface area (Å²) in [5.41, 5.74) is 5.22. The SMILES string of the molecule is COCCN(CC(N)=O)S(=O)(=O)c1ccc(C#N)c(Cl)c1. The third kappa shape index (κ3) is 4.41. The topological polar surface area (TPSA) is 113 Å². The highest BCUT2D eigenvalue weighted by atomic mass is 35.5. The molecule has 0 aliphatic carbocycles. The van der Waals surface area contributed by atoms with Crippen molar-refractivity contribution in [3.63, 3.8) is 0 Å². The first-order valence-corrected chi connectivity index (χ1v) is 7.61. The molecule has 1 amide bonds. The van der Waals surface area contributed by atoms with Crippen LogP contribution in [0, 0.1) is 11.3 Å². The van der Waals surface area contributed by atoms with Gasteiger partial charge in [-0.15, -0.1) is 0 Å². The van der Waals surface area contributed by atoms with Crippen LogP contribution in [0.2, 0.25) is 5.02 Å². The molecule has 9 heteroatoms. The monoisotopic (exact) mass is 331 g/mol. The van der Waals surface area contributed by atoms with E-state index in [9.17, 15) is 13.2 Å². The molecule has 0 aliphatic rings. The Morgan fingerprint density at radius 2 is 2.19 bits per heavy atom. The average molecular weight is 332 g/mol. The van der Waals surface area contributed by atoms with E-state index in [2.05, 4.69) is 0 Å². The quantitative estimate of drug-likeness (QED) is 0.773. The van der Waals surface area contributed by atoms with Crippen LogP contribution >= 0.6 is 11.6 Å². The number of carbonyl (C=O) groups is 1. The van der Waals surface area contributed by atoms with Gasteiger partial charge in [-0.2, -0.15) is 9.57 Å². The van der Waals surface area contributed by atoms with Gasteiger partial charge in [0, 0.05) is 13.7 Å². The lowest BCUT2D eigenvalue weighted by atomic mass is 10.2. The molecule has 0 spiro atoms. The van der Waals surface area contributed by atoms with Crippen molar-refractivity contribution < 1.29 is 17.9 Å². The number of primary amides is 1. The fourth-order valence-electron chi connectivity index (χ4n) is 1.55. The Bertz CT molecular complexity index is 670. The largest absolute Gasteiger partial charge is 0.383 e. The zero-order valence-electron chi connectivity index (χ0n) is 11.2. The van der Waals surface area contributed by atoms with Gasteiger partial charge in [-0.1, -0.05) is 11.6 Å². The summed E-state index contributed by atoms with van der Waals surface area (Å²) in [6, 6.07) is 5.55. The Morgan fingerprint density at radius 3 is 2.67 bits per heavy atom. The lowest BCUT2D eigenvalue weighted by molar-refractivity contribution is -0.118. The van der Waals surface area contributed by atoms with Gasteiger partial charge in [0.1, 0.15) is 6.07 Å². The number of sulfonamides is 1. The second-order valence-corrected chi connectivity index (χ2v) is 6.40. The summed E-state index contributed by atoms with van der Waals surface area (Å²) in [5, 5.41) is 8.80. The number of nitrogens with zero attached hydrogens (tertiary/aromatic N) is 2. The van der Waals surface area contributed by atoms with E-state index in [1.54, 1.807) is 0 Å². The maximum absolute atomic E-state index is 12.4. The molecule has 0 saturated heterocycles. The summed E-state index contributed by atoms with van der Waals surface area (Å²) >= 11 is 5.83. The second-order valence-electron chi connectivity index (χ2n) is 4.05. The summed E-state index contributed by atoms with van der Waals surface area (Å²) in [6.07, 6.45) is 0. The third-order valence-corrected chi connectivity index (χ3v) is 4.73. The van der Waals surface area contributed by atoms with E-state index in [4.69, 9.17) is 27.3 Å².